The third kappa shape index (κ3) is 2.24. The molecule has 3 unspecified atom stereocenters. The summed E-state index contributed by atoms with van der Waals surface area (Å²) in [5, 5.41) is 16.4. The van der Waals surface area contributed by atoms with Crippen LogP contribution in [0.15, 0.2) is 6.20 Å². The number of carbonyl (C=O) groups excluding carboxylic acids is 2. The summed E-state index contributed by atoms with van der Waals surface area (Å²) in [5.41, 5.74) is 0.0618. The Morgan fingerprint density at radius 1 is 1.57 bits per heavy atom. The fourth-order valence-electron chi connectivity index (χ4n) is 2.50. The second-order valence-electron chi connectivity index (χ2n) is 4.73. The molecule has 2 fully saturated rings. The topological polar surface area (TPSA) is 115 Å². The molecule has 0 spiro atoms. The van der Waals surface area contributed by atoms with Gasteiger partial charge in [-0.15, -0.1) is 16.9 Å². The Hall–Kier alpha value is -2.10. The number of carbonyl (C=O) groups is 3. The molecule has 1 N–H and O–H groups in total. The van der Waals surface area contributed by atoms with E-state index >= 15 is 0 Å². The number of hydrogen-bond donors (Lipinski definition) is 1. The van der Waals surface area contributed by atoms with Crippen LogP contribution in [0.1, 0.15) is 16.9 Å². The fourth-order valence-corrected chi connectivity index (χ4v) is 4.15. The number of nitrogens with zero attached hydrogens (tertiary/aromatic N) is 4. The van der Waals surface area contributed by atoms with Gasteiger partial charge in [0.2, 0.25) is 5.91 Å². The first-order chi connectivity index (χ1) is 10.0. The number of rotatable bonds is 4. The predicted octanol–water partition coefficient (Wildman–Crippen LogP) is -0.808. The number of aromatic nitrogens is 3. The zero-order valence-electron chi connectivity index (χ0n) is 11.0. The van der Waals surface area contributed by atoms with E-state index in [4.69, 9.17) is 0 Å². The number of thioether (sulfide) groups is 1. The molecule has 1 aromatic rings. The lowest BCUT2D eigenvalue weighted by atomic mass is 10.1. The molecule has 112 valence electrons. The smallest absolute Gasteiger partial charge is 0.360 e. The van der Waals surface area contributed by atoms with Crippen molar-refractivity contribution in [1.82, 2.24) is 19.9 Å². The standard InChI is InChI=1S/C11H12N4O5S/c1-20-11(19)5-3-14(13-12-5)4-6-9(10(17)18)15-7(16)2-8(15)21-6/h3,6,8-9H,2,4H2,1H3,(H,17,18). The van der Waals surface area contributed by atoms with Crippen molar-refractivity contribution in [1.29, 1.82) is 0 Å². The quantitative estimate of drug-likeness (QED) is 0.567. The number of carboxylic acid groups (broad SMARTS) is 1. The van der Waals surface area contributed by atoms with Crippen molar-refractivity contribution in [3.63, 3.8) is 0 Å². The summed E-state index contributed by atoms with van der Waals surface area (Å²) in [6, 6.07) is -0.868. The molecular formula is C11H12N4O5S. The first kappa shape index (κ1) is 13.9. The van der Waals surface area contributed by atoms with Gasteiger partial charge in [-0.05, 0) is 0 Å². The molecule has 0 bridgehead atoms. The largest absolute Gasteiger partial charge is 0.480 e. The molecule has 2 saturated heterocycles. The Bertz CT molecular complexity index is 618. The average molecular weight is 312 g/mol. The fraction of sp³-hybridized carbons (Fsp3) is 0.545. The highest BCUT2D eigenvalue weighted by Gasteiger charge is 2.54. The van der Waals surface area contributed by atoms with E-state index in [2.05, 4.69) is 15.0 Å². The summed E-state index contributed by atoms with van der Waals surface area (Å²) < 4.78 is 5.93. The van der Waals surface area contributed by atoms with Crippen molar-refractivity contribution < 1.29 is 24.2 Å². The van der Waals surface area contributed by atoms with E-state index in [1.807, 2.05) is 0 Å². The highest BCUT2D eigenvalue weighted by atomic mass is 32.2. The Morgan fingerprint density at radius 3 is 2.95 bits per heavy atom. The van der Waals surface area contributed by atoms with Crippen molar-refractivity contribution in [2.75, 3.05) is 7.11 Å². The van der Waals surface area contributed by atoms with E-state index in [1.165, 1.54) is 34.7 Å². The van der Waals surface area contributed by atoms with Crippen LogP contribution in [0.4, 0.5) is 0 Å². The van der Waals surface area contributed by atoms with Gasteiger partial charge in [-0.2, -0.15) is 0 Å². The van der Waals surface area contributed by atoms with E-state index in [0.29, 0.717) is 6.42 Å². The number of methoxy groups -OCH3 is 1. The number of amides is 1. The molecule has 0 aliphatic carbocycles. The van der Waals surface area contributed by atoms with Gasteiger partial charge in [0.05, 0.1) is 36.9 Å². The zero-order valence-corrected chi connectivity index (χ0v) is 11.8. The normalized spacial score (nSPS) is 27.2. The van der Waals surface area contributed by atoms with Gasteiger partial charge in [-0.25, -0.2) is 9.59 Å². The first-order valence-corrected chi connectivity index (χ1v) is 7.13. The van der Waals surface area contributed by atoms with Crippen molar-refractivity contribution in [3.8, 4) is 0 Å². The minimum atomic E-state index is -1.03. The number of hydrogen-bond acceptors (Lipinski definition) is 7. The molecule has 1 aromatic heterocycles. The third-order valence-corrected chi connectivity index (χ3v) is 4.95. The molecule has 0 radical (unpaired) electrons. The molecule has 2 aliphatic heterocycles. The van der Waals surface area contributed by atoms with E-state index < -0.39 is 18.0 Å². The van der Waals surface area contributed by atoms with Crippen LogP contribution in [0.5, 0.6) is 0 Å². The zero-order chi connectivity index (χ0) is 15.1. The SMILES string of the molecule is COC(=O)c1cn(CC2SC3CC(=O)N3C2C(=O)O)nn1. The number of β-lactam (4-membered cyclic amide) rings is 1. The van der Waals surface area contributed by atoms with Crippen molar-refractivity contribution in [2.45, 2.75) is 29.6 Å². The second-order valence-corrected chi connectivity index (χ2v) is 6.16. The van der Waals surface area contributed by atoms with Gasteiger partial charge in [-0.3, -0.25) is 9.48 Å². The van der Waals surface area contributed by atoms with Crippen LogP contribution in [0, 0.1) is 0 Å². The average Bonchev–Trinajstić information content (AvgIpc) is 3.01. The molecule has 2 aliphatic rings. The summed E-state index contributed by atoms with van der Waals surface area (Å²) in [6.07, 6.45) is 1.78. The van der Waals surface area contributed by atoms with E-state index in [1.54, 1.807) is 0 Å². The van der Waals surface area contributed by atoms with E-state index in [0.717, 1.165) is 0 Å². The van der Waals surface area contributed by atoms with Crippen LogP contribution < -0.4 is 0 Å². The summed E-state index contributed by atoms with van der Waals surface area (Å²) in [7, 11) is 1.24. The van der Waals surface area contributed by atoms with Gasteiger partial charge in [-0.1, -0.05) is 5.21 Å². The Labute approximate surface area is 123 Å². The van der Waals surface area contributed by atoms with Gasteiger partial charge >= 0.3 is 11.9 Å². The minimum Gasteiger partial charge on any atom is -0.480 e. The summed E-state index contributed by atoms with van der Waals surface area (Å²) >= 11 is 1.44. The second kappa shape index (κ2) is 5.02. The van der Waals surface area contributed by atoms with Crippen LogP contribution in [-0.2, 0) is 20.9 Å². The summed E-state index contributed by atoms with van der Waals surface area (Å²) in [5.74, 6) is -1.78. The molecular weight excluding hydrogens is 300 g/mol. The van der Waals surface area contributed by atoms with Gasteiger partial charge in [0.25, 0.3) is 0 Å². The number of carboxylic acids is 1. The van der Waals surface area contributed by atoms with E-state index in [-0.39, 0.29) is 28.8 Å². The van der Waals surface area contributed by atoms with Crippen LogP contribution in [0.2, 0.25) is 0 Å². The molecule has 10 heteroatoms. The van der Waals surface area contributed by atoms with Gasteiger partial charge in [0, 0.05) is 0 Å². The lowest BCUT2D eigenvalue weighted by Crippen LogP contribution is -2.55. The van der Waals surface area contributed by atoms with Crippen molar-refractivity contribution in [2.24, 2.45) is 0 Å². The maximum atomic E-state index is 11.5. The van der Waals surface area contributed by atoms with Crippen LogP contribution >= 0.6 is 11.8 Å². The Morgan fingerprint density at radius 2 is 2.33 bits per heavy atom. The minimum absolute atomic E-state index is 0.0618. The molecule has 21 heavy (non-hydrogen) atoms. The Kier molecular flexibility index (Phi) is 3.32. The molecule has 3 atom stereocenters. The first-order valence-electron chi connectivity index (χ1n) is 6.19. The maximum absolute atomic E-state index is 11.5. The molecule has 9 nitrogen and oxygen atoms in total. The maximum Gasteiger partial charge on any atom is 0.360 e. The molecule has 0 saturated carbocycles. The molecule has 3 heterocycles. The summed E-state index contributed by atoms with van der Waals surface area (Å²) in [6.45, 7) is 0.256. The van der Waals surface area contributed by atoms with E-state index in [9.17, 15) is 19.5 Å². The lowest BCUT2D eigenvalue weighted by Gasteiger charge is -2.35. The van der Waals surface area contributed by atoms with Crippen LogP contribution in [0.3, 0.4) is 0 Å². The monoisotopic (exact) mass is 312 g/mol. The van der Waals surface area contributed by atoms with Crippen LogP contribution in [0.25, 0.3) is 0 Å². The van der Waals surface area contributed by atoms with Crippen molar-refractivity contribution >= 4 is 29.6 Å². The predicted molar refractivity (Wildman–Crippen MR) is 69.4 cm³/mol. The van der Waals surface area contributed by atoms with Gasteiger partial charge in [0.15, 0.2) is 5.69 Å². The van der Waals surface area contributed by atoms with Gasteiger partial charge in [0.1, 0.15) is 6.04 Å². The lowest BCUT2D eigenvalue weighted by molar-refractivity contribution is -0.156. The highest BCUT2D eigenvalue weighted by Crippen LogP contribution is 2.44. The molecule has 3 rings (SSSR count). The van der Waals surface area contributed by atoms with Crippen molar-refractivity contribution in [3.05, 3.63) is 11.9 Å². The van der Waals surface area contributed by atoms with Gasteiger partial charge < -0.3 is 14.7 Å². The molecule has 1 amide bonds. The number of fused-ring (bicyclic) bond motifs is 1. The highest BCUT2D eigenvalue weighted by molar-refractivity contribution is 8.01. The number of esters is 1. The number of aliphatic carboxylic acids is 1. The molecule has 0 aromatic carbocycles. The number of ether oxygens (including phenoxy) is 1. The third-order valence-electron chi connectivity index (χ3n) is 3.48. The summed E-state index contributed by atoms with van der Waals surface area (Å²) in [4.78, 5) is 35.6. The Balaban J connectivity index is 1.75. The van der Waals surface area contributed by atoms with Crippen LogP contribution in [-0.4, -0.2) is 66.6 Å².